The van der Waals surface area contributed by atoms with Crippen molar-refractivity contribution in [3.8, 4) is 6.07 Å². The van der Waals surface area contributed by atoms with Gasteiger partial charge in [-0.25, -0.2) is 0 Å². The largest absolute Gasteiger partial charge is 0.198 e. The maximum Gasteiger partial charge on any atom is 0.0699 e. The van der Waals surface area contributed by atoms with Crippen LogP contribution in [-0.4, -0.2) is 0 Å². The third-order valence-electron chi connectivity index (χ3n) is 5.67. The Hall–Kier alpha value is -0.510. The highest BCUT2D eigenvalue weighted by atomic mass is 15.1. The maximum atomic E-state index is 8.97. The molecule has 0 N–H and O–H groups in total. The van der Waals surface area contributed by atoms with Crippen LogP contribution >= 0.6 is 0 Å². The van der Waals surface area contributed by atoms with Gasteiger partial charge in [-0.15, -0.1) is 0 Å². The van der Waals surface area contributed by atoms with Crippen LogP contribution in [0.3, 0.4) is 0 Å². The van der Waals surface area contributed by atoms with Crippen LogP contribution in [0.25, 0.3) is 0 Å². The van der Waals surface area contributed by atoms with Gasteiger partial charge in [0.15, 0.2) is 0 Å². The number of nitrogens with zero attached hydrogens (tertiary/aromatic N) is 1. The highest BCUT2D eigenvalue weighted by Gasteiger charge is 3.04. The molecule has 0 unspecified atom stereocenters. The molecule has 1 nitrogen and oxygen atoms in total. The first-order valence-corrected chi connectivity index (χ1v) is 4.34. The first-order chi connectivity index (χ1) is 4.93. The molecule has 0 amide bonds. The van der Waals surface area contributed by atoms with Crippen LogP contribution in [0.5, 0.6) is 0 Å². The van der Waals surface area contributed by atoms with Crippen molar-refractivity contribution in [2.75, 3.05) is 0 Å². The van der Waals surface area contributed by atoms with Crippen molar-refractivity contribution in [1.29, 1.82) is 5.26 Å². The van der Waals surface area contributed by atoms with E-state index in [1.165, 1.54) is 0 Å². The van der Waals surface area contributed by atoms with E-state index in [1.54, 1.807) is 0 Å². The van der Waals surface area contributed by atoms with E-state index in [0.717, 1.165) is 41.4 Å². The standard InChI is InChI=1S/C9H7N/c10-1-9-6-3-2-4(6)8(9)5(2)7(3)9/h2-8H. The quantitative estimate of drug-likeness (QED) is 0.476. The van der Waals surface area contributed by atoms with Crippen molar-refractivity contribution in [3.63, 3.8) is 0 Å². The molecule has 1 heteroatoms. The van der Waals surface area contributed by atoms with Crippen LogP contribution in [0.2, 0.25) is 0 Å². The molecule has 0 heterocycles. The summed E-state index contributed by atoms with van der Waals surface area (Å²) >= 11 is 0. The summed E-state index contributed by atoms with van der Waals surface area (Å²) in [5, 5.41) is 8.97. The van der Waals surface area contributed by atoms with Crippen LogP contribution in [0.15, 0.2) is 0 Å². The van der Waals surface area contributed by atoms with Gasteiger partial charge < -0.3 is 0 Å². The van der Waals surface area contributed by atoms with Crippen LogP contribution < -0.4 is 0 Å². The van der Waals surface area contributed by atoms with Gasteiger partial charge in [0, 0.05) is 0 Å². The van der Waals surface area contributed by atoms with Crippen molar-refractivity contribution in [2.24, 2.45) is 46.8 Å². The molecule has 0 spiro atoms. The minimum Gasteiger partial charge on any atom is -0.198 e. The van der Waals surface area contributed by atoms with E-state index in [0.29, 0.717) is 5.41 Å². The first kappa shape index (κ1) is 3.76. The van der Waals surface area contributed by atoms with Gasteiger partial charge in [0.05, 0.1) is 11.5 Å². The molecule has 0 aromatic carbocycles. The van der Waals surface area contributed by atoms with Gasteiger partial charge >= 0.3 is 0 Å². The second-order valence-corrected chi connectivity index (χ2v) is 4.93. The predicted molar refractivity (Wildman–Crippen MR) is 32.5 cm³/mol. The van der Waals surface area contributed by atoms with Gasteiger partial charge in [-0.05, 0) is 41.4 Å². The van der Waals surface area contributed by atoms with E-state index >= 15 is 0 Å². The topological polar surface area (TPSA) is 23.8 Å². The fourth-order valence-corrected chi connectivity index (χ4v) is 5.66. The molecular weight excluding hydrogens is 122 g/mol. The SMILES string of the molecule is N#CC12C3C4C5C3C1C5C42. The third-order valence-corrected chi connectivity index (χ3v) is 5.67. The Morgan fingerprint density at radius 1 is 0.900 bits per heavy atom. The lowest BCUT2D eigenvalue weighted by atomic mass is 8.97. The molecule has 0 saturated heterocycles. The van der Waals surface area contributed by atoms with E-state index < -0.39 is 0 Å². The smallest absolute Gasteiger partial charge is 0.0699 e. The summed E-state index contributed by atoms with van der Waals surface area (Å²) in [5.41, 5.74) is 0.314. The summed E-state index contributed by atoms with van der Waals surface area (Å²) in [7, 11) is 0. The maximum absolute atomic E-state index is 8.97. The Bertz CT molecular complexity index is 273. The van der Waals surface area contributed by atoms with Crippen molar-refractivity contribution < 1.29 is 0 Å². The summed E-state index contributed by atoms with van der Waals surface area (Å²) in [6.07, 6.45) is 0. The van der Waals surface area contributed by atoms with Crippen molar-refractivity contribution >= 4 is 0 Å². The molecule has 0 aliphatic heterocycles. The lowest BCUT2D eigenvalue weighted by Gasteiger charge is -3.05. The number of nitriles is 1. The Kier molecular flexibility index (Phi) is 0.237. The summed E-state index contributed by atoms with van der Waals surface area (Å²) in [6, 6.07) is 2.59. The van der Waals surface area contributed by atoms with Crippen LogP contribution in [0, 0.1) is 58.2 Å². The summed E-state index contributed by atoms with van der Waals surface area (Å²) in [5.74, 6) is 7.21. The molecule has 48 valence electrons. The fraction of sp³-hybridized carbons (Fsp3) is 0.889. The summed E-state index contributed by atoms with van der Waals surface area (Å²) < 4.78 is 0. The molecule has 10 heavy (non-hydrogen) atoms. The molecule has 0 bridgehead atoms. The highest BCUT2D eigenvalue weighted by Crippen LogP contribution is 3.05. The third kappa shape index (κ3) is 0.0989. The van der Waals surface area contributed by atoms with E-state index in [2.05, 4.69) is 6.07 Å². The Labute approximate surface area is 59.0 Å². The summed E-state index contributed by atoms with van der Waals surface area (Å²) in [6.45, 7) is 0. The van der Waals surface area contributed by atoms with Gasteiger partial charge in [-0.3, -0.25) is 0 Å². The Morgan fingerprint density at radius 2 is 1.40 bits per heavy atom. The van der Waals surface area contributed by atoms with E-state index in [4.69, 9.17) is 5.26 Å². The zero-order valence-electron chi connectivity index (χ0n) is 5.49. The molecular formula is C9H7N. The van der Waals surface area contributed by atoms with Crippen LogP contribution in [-0.2, 0) is 0 Å². The molecule has 6 saturated carbocycles. The van der Waals surface area contributed by atoms with Crippen molar-refractivity contribution in [1.82, 2.24) is 0 Å². The van der Waals surface area contributed by atoms with E-state index in [9.17, 15) is 0 Å². The van der Waals surface area contributed by atoms with Crippen LogP contribution in [0.4, 0.5) is 0 Å². The van der Waals surface area contributed by atoms with E-state index in [-0.39, 0.29) is 0 Å². The molecule has 6 rings (SSSR count). The van der Waals surface area contributed by atoms with Gasteiger partial charge in [0.2, 0.25) is 0 Å². The highest BCUT2D eigenvalue weighted by molar-refractivity contribution is 5.54. The normalized spacial score (nSPS) is 95.3. The molecule has 0 atom stereocenters. The molecule has 6 aliphatic carbocycles. The van der Waals surface area contributed by atoms with Gasteiger partial charge in [0.1, 0.15) is 0 Å². The van der Waals surface area contributed by atoms with E-state index in [1.807, 2.05) is 0 Å². The fourth-order valence-electron chi connectivity index (χ4n) is 5.66. The second kappa shape index (κ2) is 0.630. The molecule has 0 radical (unpaired) electrons. The second-order valence-electron chi connectivity index (χ2n) is 4.93. The van der Waals surface area contributed by atoms with Gasteiger partial charge in [0.25, 0.3) is 0 Å². The zero-order chi connectivity index (χ0) is 6.25. The van der Waals surface area contributed by atoms with Crippen molar-refractivity contribution in [3.05, 3.63) is 0 Å². The van der Waals surface area contributed by atoms with Crippen LogP contribution in [0.1, 0.15) is 0 Å². The molecule has 0 aromatic heterocycles. The van der Waals surface area contributed by atoms with Crippen molar-refractivity contribution in [2.45, 2.75) is 0 Å². The molecule has 6 aliphatic rings. The average Bonchev–Trinajstić information content (AvgIpc) is 2.05. The van der Waals surface area contributed by atoms with Gasteiger partial charge in [-0.1, -0.05) is 0 Å². The zero-order valence-corrected chi connectivity index (χ0v) is 5.49. The molecule has 6 fully saturated rings. The minimum atomic E-state index is 0.314. The number of hydrogen-bond acceptors (Lipinski definition) is 1. The lowest BCUT2D eigenvalue weighted by Crippen LogP contribution is -3.05. The average molecular weight is 129 g/mol. The Morgan fingerprint density at radius 3 is 1.70 bits per heavy atom. The number of rotatable bonds is 0. The number of hydrogen-bond donors (Lipinski definition) is 0. The first-order valence-electron chi connectivity index (χ1n) is 4.34. The van der Waals surface area contributed by atoms with Gasteiger partial charge in [-0.2, -0.15) is 5.26 Å². The lowest BCUT2D eigenvalue weighted by molar-refractivity contribution is -0.596. The Balaban J connectivity index is 1.87. The molecule has 0 aromatic rings. The summed E-state index contributed by atoms with van der Waals surface area (Å²) in [4.78, 5) is 0. The predicted octanol–water partition coefficient (Wildman–Crippen LogP) is 0.878. The monoisotopic (exact) mass is 129 g/mol. The minimum absolute atomic E-state index is 0.314.